The molecule has 112 valence electrons. The molecule has 0 bridgehead atoms. The minimum absolute atomic E-state index is 0.0189. The molecule has 0 saturated carbocycles. The van der Waals surface area contributed by atoms with Gasteiger partial charge in [-0.1, -0.05) is 0 Å². The summed E-state index contributed by atoms with van der Waals surface area (Å²) >= 11 is 0. The van der Waals surface area contributed by atoms with Gasteiger partial charge in [0.2, 0.25) is 10.0 Å². The van der Waals surface area contributed by atoms with Crippen molar-refractivity contribution in [3.05, 3.63) is 0 Å². The first kappa shape index (κ1) is 15.2. The van der Waals surface area contributed by atoms with Gasteiger partial charge < -0.3 is 10.1 Å². The lowest BCUT2D eigenvalue weighted by Gasteiger charge is -2.29. The second kappa shape index (κ2) is 7.02. The molecule has 0 aromatic carbocycles. The fourth-order valence-electron chi connectivity index (χ4n) is 3.02. The SMILES string of the molecule is CC(NS(=O)(=O)CC1CCCNC1)C1CCOCC1. The summed E-state index contributed by atoms with van der Waals surface area (Å²) in [5.41, 5.74) is 0. The van der Waals surface area contributed by atoms with Gasteiger partial charge in [0.1, 0.15) is 0 Å². The zero-order chi connectivity index (χ0) is 13.7. The zero-order valence-corrected chi connectivity index (χ0v) is 12.5. The average molecular weight is 290 g/mol. The second-order valence-corrected chi connectivity index (χ2v) is 7.65. The van der Waals surface area contributed by atoms with Crippen LogP contribution in [0.3, 0.4) is 0 Å². The van der Waals surface area contributed by atoms with Crippen LogP contribution in [0.4, 0.5) is 0 Å². The quantitative estimate of drug-likeness (QED) is 0.783. The lowest BCUT2D eigenvalue weighted by molar-refractivity contribution is 0.0585. The van der Waals surface area contributed by atoms with Crippen LogP contribution < -0.4 is 10.0 Å². The normalized spacial score (nSPS) is 28.2. The van der Waals surface area contributed by atoms with Crippen molar-refractivity contribution < 1.29 is 13.2 Å². The van der Waals surface area contributed by atoms with Crippen LogP contribution >= 0.6 is 0 Å². The third kappa shape index (κ3) is 5.02. The molecule has 2 rings (SSSR count). The van der Waals surface area contributed by atoms with Gasteiger partial charge in [-0.25, -0.2) is 13.1 Å². The van der Waals surface area contributed by atoms with E-state index >= 15 is 0 Å². The molecule has 2 heterocycles. The number of hydrogen-bond donors (Lipinski definition) is 2. The van der Waals surface area contributed by atoms with E-state index in [0.717, 1.165) is 52.0 Å². The third-order valence-electron chi connectivity index (χ3n) is 4.19. The van der Waals surface area contributed by atoms with Crippen LogP contribution in [-0.2, 0) is 14.8 Å². The van der Waals surface area contributed by atoms with Crippen molar-refractivity contribution in [2.24, 2.45) is 11.8 Å². The van der Waals surface area contributed by atoms with E-state index in [-0.39, 0.29) is 17.7 Å². The summed E-state index contributed by atoms with van der Waals surface area (Å²) < 4.78 is 32.5. The van der Waals surface area contributed by atoms with Gasteiger partial charge in [-0.05, 0) is 57.5 Å². The lowest BCUT2D eigenvalue weighted by atomic mass is 9.94. The van der Waals surface area contributed by atoms with Crippen LogP contribution in [0.5, 0.6) is 0 Å². The number of rotatable bonds is 5. The fraction of sp³-hybridized carbons (Fsp3) is 1.00. The van der Waals surface area contributed by atoms with Crippen LogP contribution in [-0.4, -0.2) is 46.5 Å². The zero-order valence-electron chi connectivity index (χ0n) is 11.7. The van der Waals surface area contributed by atoms with Crippen LogP contribution in [0.1, 0.15) is 32.6 Å². The van der Waals surface area contributed by atoms with Crippen LogP contribution in [0.25, 0.3) is 0 Å². The Balaban J connectivity index is 1.81. The van der Waals surface area contributed by atoms with Gasteiger partial charge in [-0.3, -0.25) is 0 Å². The molecule has 5 nitrogen and oxygen atoms in total. The monoisotopic (exact) mass is 290 g/mol. The van der Waals surface area contributed by atoms with Gasteiger partial charge in [-0.15, -0.1) is 0 Å². The topological polar surface area (TPSA) is 67.4 Å². The molecule has 2 saturated heterocycles. The molecule has 2 aliphatic rings. The predicted molar refractivity (Wildman–Crippen MR) is 75.5 cm³/mol. The molecular formula is C13H26N2O3S. The molecule has 2 atom stereocenters. The Morgan fingerprint density at radius 2 is 2.05 bits per heavy atom. The number of piperidine rings is 1. The smallest absolute Gasteiger partial charge is 0.212 e. The molecule has 0 aromatic rings. The van der Waals surface area contributed by atoms with Crippen LogP contribution in [0.2, 0.25) is 0 Å². The number of nitrogens with one attached hydrogen (secondary N) is 2. The van der Waals surface area contributed by atoms with Crippen molar-refractivity contribution >= 4 is 10.0 Å². The summed E-state index contributed by atoms with van der Waals surface area (Å²) in [5, 5.41) is 3.27. The number of hydrogen-bond acceptors (Lipinski definition) is 4. The van der Waals surface area contributed by atoms with E-state index < -0.39 is 10.0 Å². The first-order valence-electron chi connectivity index (χ1n) is 7.35. The minimum Gasteiger partial charge on any atom is -0.381 e. The summed E-state index contributed by atoms with van der Waals surface area (Å²) in [6.45, 7) is 5.33. The van der Waals surface area contributed by atoms with Gasteiger partial charge in [0.25, 0.3) is 0 Å². The van der Waals surface area contributed by atoms with E-state index in [1.807, 2.05) is 6.92 Å². The van der Waals surface area contributed by atoms with E-state index in [0.29, 0.717) is 5.92 Å². The van der Waals surface area contributed by atoms with Crippen molar-refractivity contribution in [2.75, 3.05) is 32.1 Å². The molecule has 0 radical (unpaired) electrons. The molecule has 2 N–H and O–H groups in total. The molecular weight excluding hydrogens is 264 g/mol. The Morgan fingerprint density at radius 1 is 1.32 bits per heavy atom. The summed E-state index contributed by atoms with van der Waals surface area (Å²) in [6, 6.07) is 0.0189. The first-order valence-corrected chi connectivity index (χ1v) is 9.00. The molecule has 19 heavy (non-hydrogen) atoms. The largest absolute Gasteiger partial charge is 0.381 e. The Morgan fingerprint density at radius 3 is 2.68 bits per heavy atom. The standard InChI is InChI=1S/C13H26N2O3S/c1-11(13-4-7-18-8-5-13)15-19(16,17)10-12-3-2-6-14-9-12/h11-15H,2-10H2,1H3. The molecule has 2 aliphatic heterocycles. The van der Waals surface area contributed by atoms with Gasteiger partial charge >= 0.3 is 0 Å². The summed E-state index contributed by atoms with van der Waals surface area (Å²) in [4.78, 5) is 0. The minimum atomic E-state index is -3.16. The molecule has 2 unspecified atom stereocenters. The Bertz CT molecular complexity index is 360. The average Bonchev–Trinajstić information content (AvgIpc) is 2.39. The summed E-state index contributed by atoms with van der Waals surface area (Å²) in [6.07, 6.45) is 4.00. The van der Waals surface area contributed by atoms with Gasteiger partial charge in [-0.2, -0.15) is 0 Å². The Labute approximate surface area is 116 Å². The van der Waals surface area contributed by atoms with E-state index in [1.165, 1.54) is 0 Å². The van der Waals surface area contributed by atoms with Crippen LogP contribution in [0, 0.1) is 11.8 Å². The molecule has 0 spiro atoms. The lowest BCUT2D eigenvalue weighted by Crippen LogP contribution is -2.44. The molecule has 0 amide bonds. The second-order valence-electron chi connectivity index (χ2n) is 5.85. The summed E-state index contributed by atoms with van der Waals surface area (Å²) in [7, 11) is -3.16. The predicted octanol–water partition coefficient (Wildman–Crippen LogP) is 0.721. The molecule has 0 aromatic heterocycles. The van der Waals surface area contributed by atoms with Crippen molar-refractivity contribution in [3.8, 4) is 0 Å². The van der Waals surface area contributed by atoms with Crippen molar-refractivity contribution in [2.45, 2.75) is 38.6 Å². The van der Waals surface area contributed by atoms with Crippen molar-refractivity contribution in [1.82, 2.24) is 10.0 Å². The molecule has 2 fully saturated rings. The molecule has 6 heteroatoms. The Hall–Kier alpha value is -0.170. The van der Waals surface area contributed by atoms with E-state index in [4.69, 9.17) is 4.74 Å². The van der Waals surface area contributed by atoms with Crippen LogP contribution in [0.15, 0.2) is 0 Å². The van der Waals surface area contributed by atoms with E-state index in [9.17, 15) is 8.42 Å². The van der Waals surface area contributed by atoms with Crippen molar-refractivity contribution in [1.29, 1.82) is 0 Å². The van der Waals surface area contributed by atoms with Gasteiger partial charge in [0.15, 0.2) is 0 Å². The van der Waals surface area contributed by atoms with Gasteiger partial charge in [0.05, 0.1) is 5.75 Å². The maximum Gasteiger partial charge on any atom is 0.212 e. The van der Waals surface area contributed by atoms with Gasteiger partial charge in [0, 0.05) is 19.3 Å². The molecule has 0 aliphatic carbocycles. The van der Waals surface area contributed by atoms with E-state index in [2.05, 4.69) is 10.0 Å². The first-order chi connectivity index (χ1) is 9.07. The highest BCUT2D eigenvalue weighted by Gasteiger charge is 2.27. The Kier molecular flexibility index (Phi) is 5.62. The highest BCUT2D eigenvalue weighted by molar-refractivity contribution is 7.89. The van der Waals surface area contributed by atoms with E-state index in [1.54, 1.807) is 0 Å². The summed E-state index contributed by atoms with van der Waals surface area (Å²) in [5.74, 6) is 0.925. The third-order valence-corrected chi connectivity index (χ3v) is 5.83. The maximum absolute atomic E-state index is 12.2. The fourth-order valence-corrected chi connectivity index (χ4v) is 4.78. The highest BCUT2D eigenvalue weighted by atomic mass is 32.2. The highest BCUT2D eigenvalue weighted by Crippen LogP contribution is 2.20. The maximum atomic E-state index is 12.2. The van der Waals surface area contributed by atoms with Crippen molar-refractivity contribution in [3.63, 3.8) is 0 Å². The number of sulfonamides is 1. The number of ether oxygens (including phenoxy) is 1.